The van der Waals surface area contributed by atoms with E-state index in [1.54, 1.807) is 30.5 Å². The monoisotopic (exact) mass is 517 g/mol. The molecule has 0 bridgehead atoms. The van der Waals surface area contributed by atoms with Crippen molar-refractivity contribution in [1.82, 2.24) is 9.13 Å². The third kappa shape index (κ3) is 4.14. The molecule has 1 unspecified atom stereocenters. The number of carbonyl (C=O) groups is 1. The number of ether oxygens (including phenoxy) is 1. The van der Waals surface area contributed by atoms with Gasteiger partial charge in [-0.25, -0.2) is 9.79 Å². The molecule has 0 N–H and O–H groups in total. The number of para-hydroxylation sites is 1. The number of hydrogen-bond acceptors (Lipinski definition) is 5. The number of hydrogen-bond donors (Lipinski definition) is 0. The van der Waals surface area contributed by atoms with Crippen molar-refractivity contribution >= 4 is 45.9 Å². The van der Waals surface area contributed by atoms with Gasteiger partial charge in [-0.05, 0) is 43.7 Å². The van der Waals surface area contributed by atoms with Gasteiger partial charge in [0, 0.05) is 34.2 Å². The molecule has 0 amide bonds. The molecule has 0 fully saturated rings. The highest BCUT2D eigenvalue weighted by Gasteiger charge is 2.33. The minimum atomic E-state index is -0.665. The van der Waals surface area contributed by atoms with Gasteiger partial charge in [0.25, 0.3) is 5.56 Å². The van der Waals surface area contributed by atoms with Crippen LogP contribution in [0.3, 0.4) is 0 Å². The quantitative estimate of drug-likeness (QED) is 0.277. The van der Waals surface area contributed by atoms with Crippen molar-refractivity contribution in [3.8, 4) is 0 Å². The highest BCUT2D eigenvalue weighted by Crippen LogP contribution is 2.31. The van der Waals surface area contributed by atoms with Gasteiger partial charge in [0.1, 0.15) is 0 Å². The number of esters is 1. The van der Waals surface area contributed by atoms with E-state index in [0.29, 0.717) is 32.2 Å². The highest BCUT2D eigenvalue weighted by atomic mass is 35.5. The Balaban J connectivity index is 1.74. The Morgan fingerprint density at radius 1 is 1.22 bits per heavy atom. The molecule has 36 heavy (non-hydrogen) atoms. The molecule has 0 saturated carbocycles. The number of thiazole rings is 1. The van der Waals surface area contributed by atoms with E-state index in [1.165, 1.54) is 11.3 Å². The van der Waals surface area contributed by atoms with Crippen LogP contribution in [0.2, 0.25) is 5.02 Å². The molecule has 8 heteroatoms. The summed E-state index contributed by atoms with van der Waals surface area (Å²) in [5, 5.41) is 1.61. The summed E-state index contributed by atoms with van der Waals surface area (Å²) in [5.74, 6) is -0.486. The molecule has 2 aromatic carbocycles. The molecule has 0 aliphatic carbocycles. The molecule has 2 aromatic heterocycles. The van der Waals surface area contributed by atoms with E-state index >= 15 is 0 Å². The van der Waals surface area contributed by atoms with Crippen LogP contribution in [0.1, 0.15) is 31.0 Å². The van der Waals surface area contributed by atoms with E-state index < -0.39 is 12.0 Å². The second kappa shape index (κ2) is 9.76. The first-order valence-electron chi connectivity index (χ1n) is 11.6. The fourth-order valence-corrected chi connectivity index (χ4v) is 5.74. The lowest BCUT2D eigenvalue weighted by molar-refractivity contribution is -0.139. The Kier molecular flexibility index (Phi) is 6.51. The normalized spacial score (nSPS) is 15.6. The number of fused-ring (bicyclic) bond motifs is 2. The summed E-state index contributed by atoms with van der Waals surface area (Å²) < 4.78 is 9.57. The van der Waals surface area contributed by atoms with Crippen LogP contribution in [0.4, 0.5) is 0 Å². The first-order valence-corrected chi connectivity index (χ1v) is 12.8. The van der Waals surface area contributed by atoms with Gasteiger partial charge < -0.3 is 9.30 Å². The van der Waals surface area contributed by atoms with Gasteiger partial charge in [-0.15, -0.1) is 6.58 Å². The van der Waals surface area contributed by atoms with Crippen LogP contribution in [0, 0.1) is 0 Å². The van der Waals surface area contributed by atoms with Crippen molar-refractivity contribution in [3.05, 3.63) is 114 Å². The van der Waals surface area contributed by atoms with Gasteiger partial charge in [0.05, 0.1) is 28.5 Å². The Morgan fingerprint density at radius 2 is 1.97 bits per heavy atom. The van der Waals surface area contributed by atoms with Gasteiger partial charge in [0.15, 0.2) is 4.80 Å². The number of nitrogens with zero attached hydrogens (tertiary/aromatic N) is 3. The minimum absolute atomic E-state index is 0.214. The third-order valence-electron chi connectivity index (χ3n) is 6.13. The SMILES string of the molecule is C=CCn1cc(C=c2sc3n(c2=O)C(c2ccc(Cl)cc2)C(C(=O)OCC)=C(C)N=3)c2ccccc21. The summed E-state index contributed by atoms with van der Waals surface area (Å²) in [6.45, 7) is 8.26. The molecule has 6 nitrogen and oxygen atoms in total. The fraction of sp³-hybridized carbons (Fsp3) is 0.179. The minimum Gasteiger partial charge on any atom is -0.463 e. The molecule has 0 spiro atoms. The summed E-state index contributed by atoms with van der Waals surface area (Å²) >= 11 is 7.43. The van der Waals surface area contributed by atoms with E-state index in [2.05, 4.69) is 16.1 Å². The zero-order valence-corrected chi connectivity index (χ0v) is 21.5. The van der Waals surface area contributed by atoms with Crippen molar-refractivity contribution in [2.45, 2.75) is 26.4 Å². The summed E-state index contributed by atoms with van der Waals surface area (Å²) in [5.41, 5.74) is 3.42. The van der Waals surface area contributed by atoms with E-state index in [0.717, 1.165) is 22.0 Å². The maximum atomic E-state index is 13.8. The van der Waals surface area contributed by atoms with E-state index in [4.69, 9.17) is 16.3 Å². The van der Waals surface area contributed by atoms with E-state index in [-0.39, 0.29) is 12.2 Å². The molecule has 0 radical (unpaired) electrons. The predicted octanol–water partition coefficient (Wildman–Crippen LogP) is 4.59. The second-order valence-corrected chi connectivity index (χ2v) is 9.84. The van der Waals surface area contributed by atoms with Gasteiger partial charge in [-0.1, -0.05) is 59.3 Å². The van der Waals surface area contributed by atoms with Crippen LogP contribution in [0.15, 0.2) is 88.4 Å². The Morgan fingerprint density at radius 3 is 2.69 bits per heavy atom. The van der Waals surface area contributed by atoms with Crippen molar-refractivity contribution in [2.24, 2.45) is 4.99 Å². The number of allylic oxidation sites excluding steroid dienone is 2. The highest BCUT2D eigenvalue weighted by molar-refractivity contribution is 7.07. The molecule has 1 atom stereocenters. The molecule has 182 valence electrons. The largest absolute Gasteiger partial charge is 0.463 e. The average molecular weight is 518 g/mol. The van der Waals surface area contributed by atoms with Crippen LogP contribution in [0.5, 0.6) is 0 Å². The maximum Gasteiger partial charge on any atom is 0.338 e. The maximum absolute atomic E-state index is 13.8. The van der Waals surface area contributed by atoms with Gasteiger partial charge in [-0.2, -0.15) is 0 Å². The Labute approximate surface area is 216 Å². The molecule has 1 aliphatic heterocycles. The molecular weight excluding hydrogens is 494 g/mol. The first-order chi connectivity index (χ1) is 17.4. The van der Waals surface area contributed by atoms with E-state index in [9.17, 15) is 9.59 Å². The number of halogens is 1. The lowest BCUT2D eigenvalue weighted by atomic mass is 9.96. The number of benzene rings is 2. The van der Waals surface area contributed by atoms with Crippen molar-refractivity contribution in [3.63, 3.8) is 0 Å². The summed E-state index contributed by atoms with van der Waals surface area (Å²) in [4.78, 5) is 32.0. The fourth-order valence-electron chi connectivity index (χ4n) is 4.57. The van der Waals surface area contributed by atoms with Crippen molar-refractivity contribution in [1.29, 1.82) is 0 Å². The lowest BCUT2D eigenvalue weighted by Gasteiger charge is -2.24. The Bertz CT molecular complexity index is 1710. The van der Waals surface area contributed by atoms with Crippen LogP contribution in [0.25, 0.3) is 17.0 Å². The third-order valence-corrected chi connectivity index (χ3v) is 7.37. The van der Waals surface area contributed by atoms with Gasteiger partial charge in [-0.3, -0.25) is 9.36 Å². The van der Waals surface area contributed by atoms with E-state index in [1.807, 2.05) is 54.7 Å². The first kappa shape index (κ1) is 24.0. The standard InChI is InChI=1S/C28H24ClN3O3S/c1-4-14-31-16-19(21-8-6-7-9-22(21)31)15-23-26(33)32-25(18-10-12-20(29)13-11-18)24(27(34)35-5-2)17(3)30-28(32)36-23/h4,6-13,15-16,25H,1,5,14H2,2-3H3. The van der Waals surface area contributed by atoms with Crippen molar-refractivity contribution < 1.29 is 9.53 Å². The van der Waals surface area contributed by atoms with Gasteiger partial charge in [0.2, 0.25) is 0 Å². The number of rotatable bonds is 6. The van der Waals surface area contributed by atoms with Crippen LogP contribution >= 0.6 is 22.9 Å². The lowest BCUT2D eigenvalue weighted by Crippen LogP contribution is -2.39. The predicted molar refractivity (Wildman–Crippen MR) is 144 cm³/mol. The van der Waals surface area contributed by atoms with Crippen LogP contribution in [-0.2, 0) is 16.1 Å². The molecule has 3 heterocycles. The smallest absolute Gasteiger partial charge is 0.338 e. The zero-order valence-electron chi connectivity index (χ0n) is 19.9. The molecule has 1 aliphatic rings. The number of carbonyl (C=O) groups excluding carboxylic acids is 1. The van der Waals surface area contributed by atoms with Crippen LogP contribution < -0.4 is 14.9 Å². The zero-order chi connectivity index (χ0) is 25.4. The molecular formula is C28H24ClN3O3S. The topological polar surface area (TPSA) is 65.6 Å². The molecule has 4 aromatic rings. The molecule has 0 saturated heterocycles. The van der Waals surface area contributed by atoms with Gasteiger partial charge >= 0.3 is 5.97 Å². The van der Waals surface area contributed by atoms with Crippen molar-refractivity contribution in [2.75, 3.05) is 6.61 Å². The average Bonchev–Trinajstić information content (AvgIpc) is 3.36. The second-order valence-electron chi connectivity index (χ2n) is 8.40. The van der Waals surface area contributed by atoms with Crippen LogP contribution in [-0.4, -0.2) is 21.7 Å². The summed E-state index contributed by atoms with van der Waals surface area (Å²) in [7, 11) is 0. The Hall–Kier alpha value is -3.68. The summed E-state index contributed by atoms with van der Waals surface area (Å²) in [6, 6.07) is 14.5. The molecule has 5 rings (SSSR count). The number of aromatic nitrogens is 2. The summed E-state index contributed by atoms with van der Waals surface area (Å²) in [6.07, 6.45) is 5.76.